The van der Waals surface area contributed by atoms with Gasteiger partial charge >= 0.3 is 0 Å². The monoisotopic (exact) mass is 398 g/mol. The van der Waals surface area contributed by atoms with E-state index in [1.165, 1.54) is 17.8 Å². The molecule has 1 heterocycles. The Labute approximate surface area is 162 Å². The second-order valence-corrected chi connectivity index (χ2v) is 7.21. The average molecular weight is 399 g/mol. The number of hydrogen-bond acceptors (Lipinski definition) is 3. The molecule has 0 aromatic heterocycles. The molecule has 1 aliphatic heterocycles. The quantitative estimate of drug-likeness (QED) is 0.745. The van der Waals surface area contributed by atoms with Crippen LogP contribution in [-0.4, -0.2) is 25.0 Å². The van der Waals surface area contributed by atoms with Crippen LogP contribution < -0.4 is 10.6 Å². The molecule has 0 aliphatic carbocycles. The van der Waals surface area contributed by atoms with Crippen LogP contribution in [0.3, 0.4) is 0 Å². The second kappa shape index (κ2) is 9.90. The molecule has 3 nitrogen and oxygen atoms in total. The minimum Gasteiger partial charge on any atom is -0.351 e. The number of carbonyl (C=O) groups excluding carboxylic acids is 1. The summed E-state index contributed by atoms with van der Waals surface area (Å²) in [6.45, 7) is 1.72. The summed E-state index contributed by atoms with van der Waals surface area (Å²) in [6.07, 6.45) is 1.97. The van der Waals surface area contributed by atoms with E-state index in [1.54, 1.807) is 0 Å². The lowest BCUT2D eigenvalue weighted by molar-refractivity contribution is -0.121. The fraction of sp³-hybridized carbons (Fsp3) is 0.316. The Morgan fingerprint density at radius 2 is 1.92 bits per heavy atom. The highest BCUT2D eigenvalue weighted by Crippen LogP contribution is 2.36. The van der Waals surface area contributed by atoms with E-state index < -0.39 is 16.9 Å². The Kier molecular flexibility index (Phi) is 7.87. The lowest BCUT2D eigenvalue weighted by atomic mass is 10.1. The summed E-state index contributed by atoms with van der Waals surface area (Å²) in [5.41, 5.74) is 0.832. The van der Waals surface area contributed by atoms with E-state index in [0.29, 0.717) is 4.90 Å². The normalized spacial score (nSPS) is 17.8. The molecular weight excluding hydrogens is 378 g/mol. The van der Waals surface area contributed by atoms with Gasteiger partial charge in [-0.15, -0.1) is 24.2 Å². The molecule has 2 atom stereocenters. The third kappa shape index (κ3) is 5.43. The zero-order valence-electron chi connectivity index (χ0n) is 14.1. The third-order valence-electron chi connectivity index (χ3n) is 4.13. The Morgan fingerprint density at radius 1 is 1.15 bits per heavy atom. The van der Waals surface area contributed by atoms with Gasteiger partial charge < -0.3 is 10.6 Å². The van der Waals surface area contributed by atoms with Gasteiger partial charge in [0.15, 0.2) is 11.6 Å². The van der Waals surface area contributed by atoms with Gasteiger partial charge in [-0.2, -0.15) is 0 Å². The highest BCUT2D eigenvalue weighted by atomic mass is 35.5. The first kappa shape index (κ1) is 20.7. The van der Waals surface area contributed by atoms with Crippen LogP contribution in [0, 0.1) is 11.6 Å². The molecule has 2 N–H and O–H groups in total. The van der Waals surface area contributed by atoms with E-state index in [4.69, 9.17) is 0 Å². The number of thioether (sulfide) groups is 1. The van der Waals surface area contributed by atoms with E-state index in [1.807, 2.05) is 30.3 Å². The van der Waals surface area contributed by atoms with Crippen LogP contribution in [0.1, 0.15) is 23.7 Å². The summed E-state index contributed by atoms with van der Waals surface area (Å²) in [4.78, 5) is 13.4. The fourth-order valence-corrected chi connectivity index (χ4v) is 3.90. The summed E-state index contributed by atoms with van der Waals surface area (Å²) in [7, 11) is 0. The number of benzene rings is 2. The lowest BCUT2D eigenvalue weighted by Gasteiger charge is -2.26. The van der Waals surface area contributed by atoms with Gasteiger partial charge in [-0.05, 0) is 43.1 Å². The fourth-order valence-electron chi connectivity index (χ4n) is 2.84. The van der Waals surface area contributed by atoms with E-state index in [0.717, 1.165) is 43.6 Å². The second-order valence-electron chi connectivity index (χ2n) is 6.04. The van der Waals surface area contributed by atoms with Crippen molar-refractivity contribution < 1.29 is 13.6 Å². The van der Waals surface area contributed by atoms with Crippen LogP contribution in [0.25, 0.3) is 0 Å². The van der Waals surface area contributed by atoms with Crippen molar-refractivity contribution in [1.29, 1.82) is 0 Å². The third-order valence-corrected chi connectivity index (χ3v) is 5.38. The molecule has 2 aromatic carbocycles. The summed E-state index contributed by atoms with van der Waals surface area (Å²) >= 11 is 1.22. The first-order valence-electron chi connectivity index (χ1n) is 8.31. The topological polar surface area (TPSA) is 41.1 Å². The molecule has 3 rings (SSSR count). The molecule has 1 amide bonds. The minimum absolute atomic E-state index is 0. The molecule has 0 saturated carbocycles. The number of carbonyl (C=O) groups is 1. The first-order chi connectivity index (χ1) is 12.1. The van der Waals surface area contributed by atoms with Crippen LogP contribution in [-0.2, 0) is 4.79 Å². The van der Waals surface area contributed by atoms with Crippen LogP contribution in [0.2, 0.25) is 0 Å². The average Bonchev–Trinajstić information content (AvgIpc) is 2.64. The maximum absolute atomic E-state index is 13.5. The van der Waals surface area contributed by atoms with Gasteiger partial charge in [0.25, 0.3) is 0 Å². The van der Waals surface area contributed by atoms with E-state index in [2.05, 4.69) is 10.6 Å². The van der Waals surface area contributed by atoms with Gasteiger partial charge in [0.2, 0.25) is 5.91 Å². The Bertz CT molecular complexity index is 727. The standard InChI is InChI=1S/C19H20F2N2OS.ClH/c20-16-9-8-15(11-17(16)21)25-18(13-5-2-1-3-6-13)19(24)23-14-7-4-10-22-12-14;/h1-3,5-6,8-9,11,14,18,22H,4,7,10,12H2,(H,23,24);1H/t14-,18?;/m0./s1. The van der Waals surface area contributed by atoms with Crippen molar-refractivity contribution in [3.63, 3.8) is 0 Å². The first-order valence-corrected chi connectivity index (χ1v) is 9.19. The molecule has 26 heavy (non-hydrogen) atoms. The number of piperidine rings is 1. The van der Waals surface area contributed by atoms with Gasteiger partial charge in [0.1, 0.15) is 5.25 Å². The number of nitrogens with one attached hydrogen (secondary N) is 2. The number of amides is 1. The van der Waals surface area contributed by atoms with Crippen LogP contribution >= 0.6 is 24.2 Å². The summed E-state index contributed by atoms with van der Waals surface area (Å²) in [6, 6.07) is 13.2. The molecule has 0 spiro atoms. The maximum atomic E-state index is 13.5. The molecule has 0 radical (unpaired) electrons. The predicted molar refractivity (Wildman–Crippen MR) is 103 cm³/mol. The van der Waals surface area contributed by atoms with Gasteiger partial charge in [-0.1, -0.05) is 30.3 Å². The molecule has 0 bridgehead atoms. The van der Waals surface area contributed by atoms with Crippen molar-refractivity contribution in [2.24, 2.45) is 0 Å². The van der Waals surface area contributed by atoms with Crippen molar-refractivity contribution in [3.05, 3.63) is 65.7 Å². The Balaban J connectivity index is 0.00000243. The van der Waals surface area contributed by atoms with Crippen LogP contribution in [0.4, 0.5) is 8.78 Å². The van der Waals surface area contributed by atoms with Gasteiger partial charge in [0.05, 0.1) is 0 Å². The number of hydrogen-bond donors (Lipinski definition) is 2. The summed E-state index contributed by atoms with van der Waals surface area (Å²) in [5.74, 6) is -1.92. The maximum Gasteiger partial charge on any atom is 0.238 e. The molecule has 1 fully saturated rings. The van der Waals surface area contributed by atoms with Gasteiger partial charge in [-0.25, -0.2) is 8.78 Å². The largest absolute Gasteiger partial charge is 0.351 e. The Hall–Kier alpha value is -1.63. The van der Waals surface area contributed by atoms with Crippen LogP contribution in [0.15, 0.2) is 53.4 Å². The van der Waals surface area contributed by atoms with Crippen molar-refractivity contribution in [2.45, 2.75) is 29.0 Å². The highest BCUT2D eigenvalue weighted by Gasteiger charge is 2.25. The molecular formula is C19H21ClF2N2OS. The van der Waals surface area contributed by atoms with E-state index in [9.17, 15) is 13.6 Å². The molecule has 1 unspecified atom stereocenters. The van der Waals surface area contributed by atoms with E-state index >= 15 is 0 Å². The van der Waals surface area contributed by atoms with E-state index in [-0.39, 0.29) is 24.4 Å². The number of rotatable bonds is 5. The Morgan fingerprint density at radius 3 is 2.58 bits per heavy atom. The molecule has 2 aromatic rings. The van der Waals surface area contributed by atoms with Crippen molar-refractivity contribution in [3.8, 4) is 0 Å². The zero-order valence-corrected chi connectivity index (χ0v) is 15.7. The summed E-state index contributed by atoms with van der Waals surface area (Å²) in [5, 5.41) is 5.82. The van der Waals surface area contributed by atoms with Crippen molar-refractivity contribution in [1.82, 2.24) is 10.6 Å². The van der Waals surface area contributed by atoms with Crippen molar-refractivity contribution in [2.75, 3.05) is 13.1 Å². The SMILES string of the molecule is Cl.O=C(N[C@H]1CCCNC1)C(Sc1ccc(F)c(F)c1)c1ccccc1. The molecule has 140 valence electrons. The molecule has 7 heteroatoms. The lowest BCUT2D eigenvalue weighted by Crippen LogP contribution is -2.46. The molecule has 1 saturated heterocycles. The van der Waals surface area contributed by atoms with Gasteiger partial charge in [0, 0.05) is 17.5 Å². The van der Waals surface area contributed by atoms with Gasteiger partial charge in [-0.3, -0.25) is 4.79 Å². The van der Waals surface area contributed by atoms with Crippen LogP contribution in [0.5, 0.6) is 0 Å². The number of halogens is 3. The highest BCUT2D eigenvalue weighted by molar-refractivity contribution is 8.00. The smallest absolute Gasteiger partial charge is 0.238 e. The summed E-state index contributed by atoms with van der Waals surface area (Å²) < 4.78 is 26.7. The predicted octanol–water partition coefficient (Wildman–Crippen LogP) is 4.09. The molecule has 1 aliphatic rings. The minimum atomic E-state index is -0.909. The van der Waals surface area contributed by atoms with Crippen molar-refractivity contribution >= 4 is 30.1 Å². The zero-order chi connectivity index (χ0) is 17.6.